The van der Waals surface area contributed by atoms with Crippen molar-refractivity contribution < 1.29 is 37.7 Å². The first-order valence-corrected chi connectivity index (χ1v) is 32.2. The van der Waals surface area contributed by atoms with Gasteiger partial charge in [-0.2, -0.15) is 0 Å². The Morgan fingerprint density at radius 2 is 0.889 bits per heavy atom. The standard InChI is InChI=1S/C23H21NO3.C17H16BrNO3.C17H17NO3.C6H7BO2.Br2/c1-14(25)19-18-13-16-9-5-11-24-12-6-10-17(21(16)24)22(18)27-23(26)20(19)15-7-3-2-4-8-15;1-9(20)13-12-8-10-4-2-6-19-7-3-5-11(15(10)19)16(12)22-17(21)14(13)18;1-10(19)13-9-15(20)21-17-12-5-3-7-18-6-2-4-11(16(12)18)8-14(13)17;8-7(9)6-4-2-1-3-5-6;1-2/h2-4,7-8,13H,5-6,9-12H2,1H3;8H,2-7H2,1H3;8-9H,2-7H2,1H3;1-5,8-9H;. The average Bonchev–Trinajstić information content (AvgIpc) is 3.54. The third kappa shape index (κ3) is 11.4. The molecule has 18 heteroatoms. The molecule has 5 aromatic carbocycles. The Labute approximate surface area is 492 Å². The second kappa shape index (κ2) is 25.0. The summed E-state index contributed by atoms with van der Waals surface area (Å²) in [6.07, 6.45) is 12.3. The van der Waals surface area contributed by atoms with Crippen molar-refractivity contribution in [3.63, 3.8) is 0 Å². The van der Waals surface area contributed by atoms with Gasteiger partial charge in [-0.05, 0) is 160 Å². The molecule has 3 aromatic heterocycles. The van der Waals surface area contributed by atoms with Crippen LogP contribution in [-0.4, -0.2) is 73.8 Å². The number of anilines is 3. The monoisotopic (exact) mass is 1280 g/mol. The smallest absolute Gasteiger partial charge is 0.423 e. The molecular weight excluding hydrogens is 1230 g/mol. The molecule has 418 valence electrons. The number of fused-ring (bicyclic) bond motifs is 6. The van der Waals surface area contributed by atoms with Crippen LogP contribution < -0.4 is 37.0 Å². The van der Waals surface area contributed by atoms with Crippen LogP contribution in [0, 0.1) is 0 Å². The molecule has 2 N–H and O–H groups in total. The summed E-state index contributed by atoms with van der Waals surface area (Å²) >= 11 is 8.73. The first kappa shape index (κ1) is 57.8. The van der Waals surface area contributed by atoms with Crippen molar-refractivity contribution in [2.75, 3.05) is 54.0 Å². The number of hydrogen-bond acceptors (Lipinski definition) is 14. The highest BCUT2D eigenvalue weighted by Crippen LogP contribution is 2.44. The predicted molar refractivity (Wildman–Crippen MR) is 331 cm³/mol. The van der Waals surface area contributed by atoms with Crippen molar-refractivity contribution in [1.82, 2.24) is 0 Å². The number of ketones is 3. The fourth-order valence-corrected chi connectivity index (χ4v) is 13.5. The van der Waals surface area contributed by atoms with E-state index in [0.29, 0.717) is 44.5 Å². The van der Waals surface area contributed by atoms with Gasteiger partial charge in [0.05, 0.1) is 5.56 Å². The molecule has 0 atom stereocenters. The summed E-state index contributed by atoms with van der Waals surface area (Å²) in [5, 5.41) is 19.5. The lowest BCUT2D eigenvalue weighted by atomic mass is 9.81. The number of hydrogen-bond donors (Lipinski definition) is 2. The lowest BCUT2D eigenvalue weighted by Crippen LogP contribution is -2.34. The maximum absolute atomic E-state index is 13.0. The van der Waals surface area contributed by atoms with Crippen molar-refractivity contribution >= 4 is 124 Å². The third-order valence-corrected chi connectivity index (χ3v) is 16.9. The Balaban J connectivity index is 0.000000126. The SMILES string of the molecule is BrBr.CC(=O)c1c(-c2ccccc2)c(=O)oc2c3c4c(cc12)CCCN4CCC3.CC(=O)c1c(Br)c(=O)oc2c3c4c(cc12)CCCN4CCC3.CC(=O)c1cc(=O)oc2c3c4c(cc12)CCCN4CCC3.OB(O)c1ccccc1. The quantitative estimate of drug-likeness (QED) is 0.0939. The van der Waals surface area contributed by atoms with Gasteiger partial charge >= 0.3 is 24.0 Å². The van der Waals surface area contributed by atoms with Crippen molar-refractivity contribution in [3.8, 4) is 11.1 Å². The summed E-state index contributed by atoms with van der Waals surface area (Å²) in [6, 6.07) is 25.5. The van der Waals surface area contributed by atoms with Gasteiger partial charge in [0.2, 0.25) is 0 Å². The zero-order chi connectivity index (χ0) is 57.2. The van der Waals surface area contributed by atoms with Gasteiger partial charge < -0.3 is 38.0 Å². The average molecular weight is 1290 g/mol. The number of nitrogens with zero attached hydrogens (tertiary/aromatic N) is 3. The summed E-state index contributed by atoms with van der Waals surface area (Å²) in [5.41, 5.74) is 14.5. The number of Topliss-reactive ketones (excluding diaryl/α,β-unsaturated/α-hetero) is 3. The molecule has 14 nitrogen and oxygen atoms in total. The van der Waals surface area contributed by atoms with Crippen LogP contribution in [0.25, 0.3) is 44.0 Å². The summed E-state index contributed by atoms with van der Waals surface area (Å²) in [4.78, 5) is 80.7. The Morgan fingerprint density at radius 1 is 0.494 bits per heavy atom. The molecule has 6 aliphatic heterocycles. The lowest BCUT2D eigenvalue weighted by Gasteiger charge is -2.37. The zero-order valence-electron chi connectivity index (χ0n) is 45.4. The summed E-state index contributed by atoms with van der Waals surface area (Å²) in [7, 11) is -1.34. The topological polar surface area (TPSA) is 192 Å². The van der Waals surface area contributed by atoms with E-state index in [-0.39, 0.29) is 21.8 Å². The molecule has 0 fully saturated rings. The molecule has 0 saturated heterocycles. The highest BCUT2D eigenvalue weighted by Gasteiger charge is 2.32. The van der Waals surface area contributed by atoms with Crippen molar-refractivity contribution in [1.29, 1.82) is 0 Å². The molecule has 9 heterocycles. The number of benzene rings is 5. The molecule has 0 bridgehead atoms. The molecule has 0 spiro atoms. The minimum absolute atomic E-state index is 0.0801. The fourth-order valence-electron chi connectivity index (χ4n) is 13.0. The highest BCUT2D eigenvalue weighted by atomic mass is 80.9. The van der Waals surface area contributed by atoms with E-state index in [1.54, 1.807) is 24.3 Å². The number of rotatable bonds is 5. The van der Waals surface area contributed by atoms with Crippen molar-refractivity contribution in [2.24, 2.45) is 0 Å². The first-order valence-electron chi connectivity index (χ1n) is 27.7. The number of carbonyl (C=O) groups is 3. The molecule has 6 aliphatic rings. The summed E-state index contributed by atoms with van der Waals surface area (Å²) in [5.74, 6) is -0.286. The van der Waals surface area contributed by atoms with E-state index in [1.807, 2.05) is 36.4 Å². The molecule has 14 rings (SSSR count). The van der Waals surface area contributed by atoms with Crippen LogP contribution in [0.1, 0.15) is 124 Å². The van der Waals surface area contributed by atoms with E-state index in [2.05, 4.69) is 77.1 Å². The van der Waals surface area contributed by atoms with Gasteiger partial charge in [-0.15, -0.1) is 0 Å². The highest BCUT2D eigenvalue weighted by molar-refractivity contribution is 9.93. The maximum atomic E-state index is 13.0. The normalized spacial score (nSPS) is 15.2. The molecule has 81 heavy (non-hydrogen) atoms. The minimum Gasteiger partial charge on any atom is -0.423 e. The van der Waals surface area contributed by atoms with E-state index < -0.39 is 24.0 Å². The van der Waals surface area contributed by atoms with E-state index >= 15 is 0 Å². The summed E-state index contributed by atoms with van der Waals surface area (Å²) in [6.45, 7) is 10.9. The van der Waals surface area contributed by atoms with Gasteiger partial charge in [0, 0.05) is 140 Å². The van der Waals surface area contributed by atoms with Crippen LogP contribution in [0.2, 0.25) is 0 Å². The molecule has 0 radical (unpaired) electrons. The van der Waals surface area contributed by atoms with Crippen molar-refractivity contribution in [2.45, 2.75) is 97.8 Å². The van der Waals surface area contributed by atoms with Crippen LogP contribution in [0.15, 0.2) is 117 Å². The summed E-state index contributed by atoms with van der Waals surface area (Å²) < 4.78 is 17.2. The number of aryl methyl sites for hydroxylation is 6. The van der Waals surface area contributed by atoms with Gasteiger partial charge in [-0.1, -0.05) is 60.7 Å². The Bertz CT molecular complexity index is 3950. The second-order valence-corrected chi connectivity index (χ2v) is 22.1. The van der Waals surface area contributed by atoms with E-state index in [4.69, 9.17) is 23.3 Å². The lowest BCUT2D eigenvalue weighted by molar-refractivity contribution is 0.101. The minimum atomic E-state index is -1.34. The van der Waals surface area contributed by atoms with Crippen molar-refractivity contribution in [3.05, 3.63) is 171 Å². The van der Waals surface area contributed by atoms with Crippen LogP contribution >= 0.6 is 44.2 Å². The molecule has 8 aromatic rings. The number of carbonyl (C=O) groups excluding carboxylic acids is 3. The predicted octanol–water partition coefficient (Wildman–Crippen LogP) is 11.6. The van der Waals surface area contributed by atoms with Crippen LogP contribution in [0.5, 0.6) is 0 Å². The van der Waals surface area contributed by atoms with Gasteiger partial charge in [-0.3, -0.25) is 14.4 Å². The van der Waals surface area contributed by atoms with Gasteiger partial charge in [0.1, 0.15) is 21.2 Å². The van der Waals surface area contributed by atoms with Crippen LogP contribution in [0.3, 0.4) is 0 Å². The van der Waals surface area contributed by atoms with Crippen LogP contribution in [-0.2, 0) is 38.5 Å². The molecule has 0 aliphatic carbocycles. The third-order valence-electron chi connectivity index (χ3n) is 16.2. The van der Waals surface area contributed by atoms with Gasteiger partial charge in [-0.25, -0.2) is 14.4 Å². The van der Waals surface area contributed by atoms with Gasteiger partial charge in [0.25, 0.3) is 0 Å². The molecular formula is C63H61BBr3N3O11. The molecule has 0 unspecified atom stereocenters. The molecule has 0 saturated carbocycles. The van der Waals surface area contributed by atoms with E-state index in [1.165, 1.54) is 60.6 Å². The molecule has 0 amide bonds. The Morgan fingerprint density at radius 3 is 1.31 bits per heavy atom. The Hall–Kier alpha value is -6.44. The second-order valence-electron chi connectivity index (χ2n) is 21.3. The first-order chi connectivity index (χ1) is 39.2. The van der Waals surface area contributed by atoms with E-state index in [9.17, 15) is 28.8 Å². The maximum Gasteiger partial charge on any atom is 0.488 e. The number of halogens is 3. The van der Waals surface area contributed by atoms with E-state index in [0.717, 1.165) is 155 Å². The Kier molecular flexibility index (Phi) is 17.8. The zero-order valence-corrected chi connectivity index (χ0v) is 50.2. The fraction of sp³-hybridized carbons (Fsp3) is 0.333. The van der Waals surface area contributed by atoms with Crippen LogP contribution in [0.4, 0.5) is 17.1 Å². The largest absolute Gasteiger partial charge is 0.488 e. The van der Waals surface area contributed by atoms with Gasteiger partial charge in [0.15, 0.2) is 17.3 Å².